The van der Waals surface area contributed by atoms with Gasteiger partial charge in [-0.05, 0) is 133 Å². The molecule has 2 unspecified atom stereocenters. The largest absolute Gasteiger partial charge is 0.481 e. The van der Waals surface area contributed by atoms with Crippen LogP contribution in [0.15, 0.2) is 12.2 Å². The lowest BCUT2D eigenvalue weighted by atomic mass is 9.81. The van der Waals surface area contributed by atoms with Crippen LogP contribution in [0, 0.1) is 41.4 Å². The summed E-state index contributed by atoms with van der Waals surface area (Å²) in [5, 5.41) is 50.7. The van der Waals surface area contributed by atoms with Crippen LogP contribution in [-0.2, 0) is 9.59 Å². The number of Topliss-reactive ketones (excluding diaryl/α,β-unsaturated/α-hetero) is 1. The molecule has 9 heteroatoms. The number of nitrogens with one attached hydrogen (secondary N) is 2. The molecule has 52 heavy (non-hydrogen) atoms. The van der Waals surface area contributed by atoms with E-state index < -0.39 is 23.6 Å². The van der Waals surface area contributed by atoms with Gasteiger partial charge in [-0.25, -0.2) is 0 Å². The Bertz CT molecular complexity index is 1070. The maximum Gasteiger partial charge on any atom is 0.309 e. The number of allylic oxidation sites excluding steroid dienone is 1. The number of aliphatic hydroxyl groups is 3. The van der Waals surface area contributed by atoms with Crippen molar-refractivity contribution in [1.29, 1.82) is 0 Å². The second kappa shape index (κ2) is 22.9. The van der Waals surface area contributed by atoms with Gasteiger partial charge in [-0.15, -0.1) is 0 Å². The Morgan fingerprint density at radius 2 is 1.71 bits per heavy atom. The summed E-state index contributed by atoms with van der Waals surface area (Å²) in [7, 11) is 0. The quantitative estimate of drug-likeness (QED) is 0.0415. The van der Waals surface area contributed by atoms with E-state index in [1.54, 1.807) is 0 Å². The number of nitrogens with two attached hydrogens (primary N) is 1. The first kappa shape index (κ1) is 43.4. The highest BCUT2D eigenvalue weighted by molar-refractivity contribution is 5.81. The van der Waals surface area contributed by atoms with E-state index in [2.05, 4.69) is 29.7 Å². The first-order valence-corrected chi connectivity index (χ1v) is 21.8. The number of carboxylic acids is 1. The Morgan fingerprint density at radius 3 is 2.44 bits per heavy atom. The number of carbonyl (C=O) groups is 2. The van der Waals surface area contributed by atoms with Crippen molar-refractivity contribution >= 4 is 11.8 Å². The van der Waals surface area contributed by atoms with E-state index in [-0.39, 0.29) is 30.5 Å². The molecule has 3 fully saturated rings. The maximum absolute atomic E-state index is 12.7. The molecule has 0 aromatic rings. The van der Waals surface area contributed by atoms with Gasteiger partial charge in [0.05, 0.1) is 29.9 Å². The van der Waals surface area contributed by atoms with Crippen molar-refractivity contribution in [2.45, 2.75) is 185 Å². The van der Waals surface area contributed by atoms with Gasteiger partial charge in [0.15, 0.2) is 0 Å². The molecule has 3 aliphatic carbocycles. The van der Waals surface area contributed by atoms with Crippen LogP contribution < -0.4 is 16.4 Å². The van der Waals surface area contributed by atoms with E-state index in [1.807, 2.05) is 0 Å². The third kappa shape index (κ3) is 14.7. The molecule has 300 valence electrons. The first-order chi connectivity index (χ1) is 25.1. The third-order valence-corrected chi connectivity index (χ3v) is 13.5. The molecule has 0 aromatic heterocycles. The zero-order valence-electron chi connectivity index (χ0n) is 32.7. The highest BCUT2D eigenvalue weighted by atomic mass is 16.4. The van der Waals surface area contributed by atoms with Crippen LogP contribution in [0.3, 0.4) is 0 Å². The summed E-state index contributed by atoms with van der Waals surface area (Å²) < 4.78 is 0. The summed E-state index contributed by atoms with van der Waals surface area (Å²) in [6.07, 6.45) is 25.1. The van der Waals surface area contributed by atoms with Crippen molar-refractivity contribution in [3.8, 4) is 0 Å². The second-order valence-electron chi connectivity index (χ2n) is 17.7. The maximum atomic E-state index is 12.7. The molecule has 2 saturated carbocycles. The average Bonchev–Trinajstić information content (AvgIpc) is 3.44. The number of carboxylic acid groups (broad SMARTS) is 1. The average molecular weight is 732 g/mol. The number of aliphatic carboxylic acids is 1. The van der Waals surface area contributed by atoms with Gasteiger partial charge in [0.2, 0.25) is 0 Å². The second-order valence-corrected chi connectivity index (χ2v) is 17.7. The molecule has 9 nitrogen and oxygen atoms in total. The number of piperidine rings is 1. The fourth-order valence-electron chi connectivity index (χ4n) is 10.3. The molecule has 1 saturated heterocycles. The highest BCUT2D eigenvalue weighted by Gasteiger charge is 2.45. The van der Waals surface area contributed by atoms with E-state index in [0.29, 0.717) is 61.6 Å². The molecule has 4 rings (SSSR count). The Hall–Kier alpha value is -1.36. The normalized spacial score (nSPS) is 32.5. The summed E-state index contributed by atoms with van der Waals surface area (Å²) in [5.74, 6) is 0.713. The van der Waals surface area contributed by atoms with Gasteiger partial charge >= 0.3 is 5.97 Å². The monoisotopic (exact) mass is 732 g/mol. The lowest BCUT2D eigenvalue weighted by molar-refractivity contribution is -0.146. The number of ketones is 1. The molecular weight excluding hydrogens is 654 g/mol. The minimum atomic E-state index is -0.992. The van der Waals surface area contributed by atoms with E-state index in [9.17, 15) is 30.0 Å². The number of carbonyl (C=O) groups excluding carboxylic acids is 1. The molecule has 0 amide bonds. The number of hydrogen-bond donors (Lipinski definition) is 7. The van der Waals surface area contributed by atoms with E-state index >= 15 is 0 Å². The summed E-state index contributed by atoms with van der Waals surface area (Å²) in [6, 6.07) is 0. The molecule has 0 radical (unpaired) electrons. The topological polar surface area (TPSA) is 165 Å². The minimum absolute atomic E-state index is 0.0176. The van der Waals surface area contributed by atoms with Crippen LogP contribution in [0.4, 0.5) is 0 Å². The molecule has 10 atom stereocenters. The lowest BCUT2D eigenvalue weighted by Gasteiger charge is -2.31. The molecular formula is C43H77N3O6. The molecule has 1 aliphatic heterocycles. The fourth-order valence-corrected chi connectivity index (χ4v) is 10.3. The van der Waals surface area contributed by atoms with Crippen LogP contribution in [0.5, 0.6) is 0 Å². The van der Waals surface area contributed by atoms with Crippen LogP contribution in [0.1, 0.15) is 161 Å². The molecule has 8 N–H and O–H groups in total. The van der Waals surface area contributed by atoms with Gasteiger partial charge in [0.25, 0.3) is 0 Å². The number of aliphatic hydroxyl groups excluding tert-OH is 2. The summed E-state index contributed by atoms with van der Waals surface area (Å²) in [5.41, 5.74) is 5.32. The lowest BCUT2D eigenvalue weighted by Crippen LogP contribution is -2.44. The third-order valence-electron chi connectivity index (χ3n) is 13.5. The van der Waals surface area contributed by atoms with Crippen molar-refractivity contribution in [3.05, 3.63) is 12.2 Å². The van der Waals surface area contributed by atoms with Crippen LogP contribution in [0.2, 0.25) is 0 Å². The van der Waals surface area contributed by atoms with Crippen molar-refractivity contribution < 1.29 is 30.0 Å². The van der Waals surface area contributed by atoms with E-state index in [1.165, 1.54) is 38.5 Å². The molecule has 4 aliphatic rings. The standard InChI is InChI=1S/C43H77N3O6/c1-2-3-6-12-31-18-19-34(40(49)26-31)15-9-5-10-16-37(42(50)51)39(48)20-22-43(52)28-35(25-32-21-24-46-41(44)27-32)36(29-43)30-45-23-11-17-38(47)33-13-7-4-8-14-33/h18-19,31-37,39-41,45-46,48-49,52H,2-17,20-30,44H2,1H3,(H,50,51)/t31-,32?,34+,35+,36-,37-,39+,40+,41?,43-/m0/s1. The van der Waals surface area contributed by atoms with Crippen LogP contribution in [-0.4, -0.2) is 75.8 Å². The molecule has 0 aromatic carbocycles. The molecule has 0 bridgehead atoms. The zero-order chi connectivity index (χ0) is 37.3. The summed E-state index contributed by atoms with van der Waals surface area (Å²) >= 11 is 0. The highest BCUT2D eigenvalue weighted by Crippen LogP contribution is 2.46. The Kier molecular flexibility index (Phi) is 19.1. The van der Waals surface area contributed by atoms with E-state index in [0.717, 1.165) is 96.7 Å². The fraction of sp³-hybridized carbons (Fsp3) is 0.907. The van der Waals surface area contributed by atoms with E-state index in [4.69, 9.17) is 5.73 Å². The SMILES string of the molecule is CCCCC[C@H]1C=C[C@@H](CCCCC[C@H](C(=O)O)[C@H](O)CC[C@@]2(O)C[C@@H](CNCCCC(=O)C3CCCCC3)[C@H](CC3CCNC(N)C3)C2)[C@H](O)C1. The van der Waals surface area contributed by atoms with Crippen molar-refractivity contribution in [3.63, 3.8) is 0 Å². The van der Waals surface area contributed by atoms with Gasteiger partial charge in [-0.1, -0.05) is 76.9 Å². The number of rotatable bonds is 24. The van der Waals surface area contributed by atoms with Crippen LogP contribution in [0.25, 0.3) is 0 Å². The van der Waals surface area contributed by atoms with Gasteiger partial charge in [-0.3, -0.25) is 9.59 Å². The predicted octanol–water partition coefficient (Wildman–Crippen LogP) is 6.86. The minimum Gasteiger partial charge on any atom is -0.481 e. The van der Waals surface area contributed by atoms with Crippen LogP contribution >= 0.6 is 0 Å². The van der Waals surface area contributed by atoms with Gasteiger partial charge in [-0.2, -0.15) is 0 Å². The first-order valence-electron chi connectivity index (χ1n) is 21.8. The molecule has 0 spiro atoms. The zero-order valence-corrected chi connectivity index (χ0v) is 32.7. The Morgan fingerprint density at radius 1 is 0.942 bits per heavy atom. The number of hydrogen-bond acceptors (Lipinski definition) is 8. The van der Waals surface area contributed by atoms with Gasteiger partial charge < -0.3 is 36.8 Å². The summed E-state index contributed by atoms with van der Waals surface area (Å²) in [6.45, 7) is 4.73. The summed E-state index contributed by atoms with van der Waals surface area (Å²) in [4.78, 5) is 24.9. The van der Waals surface area contributed by atoms with Gasteiger partial charge in [0.1, 0.15) is 5.78 Å². The predicted molar refractivity (Wildman–Crippen MR) is 209 cm³/mol. The van der Waals surface area contributed by atoms with Crippen molar-refractivity contribution in [2.75, 3.05) is 19.6 Å². The number of unbranched alkanes of at least 4 members (excludes halogenated alkanes) is 4. The van der Waals surface area contributed by atoms with Crippen molar-refractivity contribution in [2.24, 2.45) is 47.2 Å². The smallest absolute Gasteiger partial charge is 0.309 e. The van der Waals surface area contributed by atoms with Crippen molar-refractivity contribution in [1.82, 2.24) is 10.6 Å². The molecule has 1 heterocycles. The Labute approximate surface area is 315 Å². The Balaban J connectivity index is 1.20. The van der Waals surface area contributed by atoms with Gasteiger partial charge in [0, 0.05) is 18.3 Å².